The molecule has 26 heavy (non-hydrogen) atoms. The van der Waals surface area contributed by atoms with Gasteiger partial charge in [0.25, 0.3) is 0 Å². The molecule has 3 heterocycles. The molecule has 0 amide bonds. The van der Waals surface area contributed by atoms with Crippen LogP contribution in [-0.2, 0) is 19.0 Å². The van der Waals surface area contributed by atoms with Crippen LogP contribution in [0.15, 0.2) is 0 Å². The second-order valence-electron chi connectivity index (χ2n) is 10.0. The number of nitrogens with zero attached hydrogens (tertiary/aromatic N) is 1. The topological polar surface area (TPSA) is 51.3 Å². The van der Waals surface area contributed by atoms with Gasteiger partial charge in [-0.1, -0.05) is 20.3 Å². The van der Waals surface area contributed by atoms with Gasteiger partial charge in [0.1, 0.15) is 11.7 Å². The van der Waals surface area contributed by atoms with E-state index in [1.165, 1.54) is 19.3 Å². The second kappa shape index (κ2) is 5.68. The third-order valence-corrected chi connectivity index (χ3v) is 8.14. The molecule has 0 aromatic rings. The number of hydrogen-bond donors (Lipinski definition) is 0. The molecule has 3 aliphatic heterocycles. The molecule has 0 unspecified atom stereocenters. The molecule has 2 aliphatic carbocycles. The molecule has 5 heteroatoms. The van der Waals surface area contributed by atoms with E-state index in [0.717, 1.165) is 26.1 Å². The number of epoxide rings is 1. The highest BCUT2D eigenvalue weighted by Gasteiger charge is 2.78. The monoisotopic (exact) mass is 363 g/mol. The number of morpholine rings is 1. The van der Waals surface area contributed by atoms with Crippen molar-refractivity contribution in [1.82, 2.24) is 4.90 Å². The summed E-state index contributed by atoms with van der Waals surface area (Å²) >= 11 is 0. The number of carbonyl (C=O) groups excluding carboxylic acids is 1. The Bertz CT molecular complexity index is 601. The van der Waals surface area contributed by atoms with E-state index in [9.17, 15) is 4.79 Å². The lowest BCUT2D eigenvalue weighted by Gasteiger charge is -2.49. The fourth-order valence-electron chi connectivity index (χ4n) is 7.15. The number of fused-ring (bicyclic) bond motifs is 2. The van der Waals surface area contributed by atoms with Crippen LogP contribution in [0.4, 0.5) is 0 Å². The average molecular weight is 363 g/mol. The van der Waals surface area contributed by atoms with Crippen molar-refractivity contribution in [3.8, 4) is 0 Å². The van der Waals surface area contributed by atoms with Crippen molar-refractivity contribution in [3.63, 3.8) is 0 Å². The number of carbonyl (C=O) groups is 1. The van der Waals surface area contributed by atoms with Crippen molar-refractivity contribution >= 4 is 5.97 Å². The molecule has 5 fully saturated rings. The van der Waals surface area contributed by atoms with Gasteiger partial charge in [-0.2, -0.15) is 0 Å². The first-order valence-corrected chi connectivity index (χ1v) is 10.6. The van der Waals surface area contributed by atoms with Gasteiger partial charge in [0.15, 0.2) is 0 Å². The fourth-order valence-corrected chi connectivity index (χ4v) is 7.15. The van der Waals surface area contributed by atoms with Crippen molar-refractivity contribution in [1.29, 1.82) is 0 Å². The van der Waals surface area contributed by atoms with Gasteiger partial charge in [0, 0.05) is 31.0 Å². The van der Waals surface area contributed by atoms with Crippen LogP contribution in [0.5, 0.6) is 0 Å². The molecule has 0 aromatic heterocycles. The van der Waals surface area contributed by atoms with E-state index in [2.05, 4.69) is 32.6 Å². The predicted molar refractivity (Wildman–Crippen MR) is 96.7 cm³/mol. The SMILES string of the molecule is C[C@@H]1CN(C[C@H]2C(=O)O[C@@H]3C[C@@]4(C)CCC[C@H](C)[C@@]45O[C@H]5[C@@H]32)C[C@@H](C)O1. The van der Waals surface area contributed by atoms with Gasteiger partial charge in [-0.15, -0.1) is 0 Å². The molecule has 5 nitrogen and oxygen atoms in total. The Labute approximate surface area is 156 Å². The van der Waals surface area contributed by atoms with E-state index in [0.29, 0.717) is 5.92 Å². The first kappa shape index (κ1) is 17.4. The third kappa shape index (κ3) is 2.29. The van der Waals surface area contributed by atoms with Crippen LogP contribution in [0.2, 0.25) is 0 Å². The molecule has 1 spiro atoms. The summed E-state index contributed by atoms with van der Waals surface area (Å²) in [6, 6.07) is 0. The summed E-state index contributed by atoms with van der Waals surface area (Å²) in [5.41, 5.74) is 0.178. The van der Waals surface area contributed by atoms with Crippen LogP contribution < -0.4 is 0 Å². The summed E-state index contributed by atoms with van der Waals surface area (Å²) in [6.07, 6.45) is 5.43. The third-order valence-electron chi connectivity index (χ3n) is 8.14. The predicted octanol–water partition coefficient (Wildman–Crippen LogP) is 2.62. The summed E-state index contributed by atoms with van der Waals surface area (Å²) in [7, 11) is 0. The summed E-state index contributed by atoms with van der Waals surface area (Å²) < 4.78 is 18.3. The van der Waals surface area contributed by atoms with Crippen LogP contribution in [0.25, 0.3) is 0 Å². The fraction of sp³-hybridized carbons (Fsp3) is 0.952. The summed E-state index contributed by atoms with van der Waals surface area (Å²) in [4.78, 5) is 15.2. The largest absolute Gasteiger partial charge is 0.462 e. The van der Waals surface area contributed by atoms with Crippen LogP contribution in [0, 0.1) is 23.2 Å². The van der Waals surface area contributed by atoms with E-state index in [1.54, 1.807) is 0 Å². The van der Waals surface area contributed by atoms with Gasteiger partial charge in [-0.3, -0.25) is 9.69 Å². The molecule has 2 saturated carbocycles. The molecule has 0 aromatic carbocycles. The van der Waals surface area contributed by atoms with Gasteiger partial charge in [-0.05, 0) is 39.0 Å². The number of esters is 1. The molecule has 5 rings (SSSR count). The van der Waals surface area contributed by atoms with Crippen molar-refractivity contribution in [2.45, 2.75) is 83.4 Å². The quantitative estimate of drug-likeness (QED) is 0.558. The summed E-state index contributed by atoms with van der Waals surface area (Å²) in [5, 5.41) is 0. The van der Waals surface area contributed by atoms with Gasteiger partial charge in [0.05, 0.1) is 24.2 Å². The molecular weight excluding hydrogens is 330 g/mol. The van der Waals surface area contributed by atoms with Gasteiger partial charge in [0.2, 0.25) is 0 Å². The highest BCUT2D eigenvalue weighted by atomic mass is 16.6. The molecule has 0 bridgehead atoms. The number of hydrogen-bond acceptors (Lipinski definition) is 5. The van der Waals surface area contributed by atoms with Gasteiger partial charge in [-0.25, -0.2) is 0 Å². The Balaban J connectivity index is 1.38. The maximum atomic E-state index is 12.8. The van der Waals surface area contributed by atoms with Gasteiger partial charge < -0.3 is 14.2 Å². The minimum atomic E-state index is -0.0412. The van der Waals surface area contributed by atoms with Crippen molar-refractivity contribution < 1.29 is 19.0 Å². The van der Waals surface area contributed by atoms with E-state index < -0.39 is 0 Å². The normalized spacial score (nSPS) is 56.3. The second-order valence-corrected chi connectivity index (χ2v) is 10.0. The van der Waals surface area contributed by atoms with E-state index in [-0.39, 0.29) is 53.2 Å². The molecule has 5 aliphatic rings. The Morgan fingerprint density at radius 3 is 2.65 bits per heavy atom. The first-order valence-electron chi connectivity index (χ1n) is 10.6. The molecular formula is C21H33NO4. The minimum absolute atomic E-state index is 0.00421. The Morgan fingerprint density at radius 2 is 1.92 bits per heavy atom. The lowest BCUT2D eigenvalue weighted by molar-refractivity contribution is -0.147. The highest BCUT2D eigenvalue weighted by molar-refractivity contribution is 5.76. The van der Waals surface area contributed by atoms with E-state index >= 15 is 0 Å². The van der Waals surface area contributed by atoms with Crippen LogP contribution in [0.1, 0.15) is 53.4 Å². The standard InChI is InChI=1S/C21H33NO4/c1-12-6-5-7-20(4)8-16-17(18-21(12,20)26-18)15(19(23)25-16)11-22-9-13(2)24-14(3)10-22/h12-18H,5-11H2,1-4H3/t12-,13+,14+,15+,16+,17+,18-,20+,21-/m0/s1. The molecule has 146 valence electrons. The van der Waals surface area contributed by atoms with Crippen LogP contribution >= 0.6 is 0 Å². The lowest BCUT2D eigenvalue weighted by atomic mass is 9.53. The lowest BCUT2D eigenvalue weighted by Crippen LogP contribution is -2.55. The van der Waals surface area contributed by atoms with Crippen LogP contribution in [-0.4, -0.2) is 60.5 Å². The minimum Gasteiger partial charge on any atom is -0.462 e. The number of ether oxygens (including phenoxy) is 3. The zero-order valence-corrected chi connectivity index (χ0v) is 16.6. The Kier molecular flexibility index (Phi) is 3.81. The zero-order chi connectivity index (χ0) is 18.3. The maximum absolute atomic E-state index is 12.8. The average Bonchev–Trinajstić information content (AvgIpc) is 3.22. The Morgan fingerprint density at radius 1 is 1.19 bits per heavy atom. The van der Waals surface area contributed by atoms with Crippen molar-refractivity contribution in [2.24, 2.45) is 23.2 Å². The molecule has 0 radical (unpaired) electrons. The maximum Gasteiger partial charge on any atom is 0.311 e. The smallest absolute Gasteiger partial charge is 0.311 e. The van der Waals surface area contributed by atoms with E-state index in [1.807, 2.05) is 0 Å². The van der Waals surface area contributed by atoms with Crippen LogP contribution in [0.3, 0.4) is 0 Å². The van der Waals surface area contributed by atoms with Crippen molar-refractivity contribution in [2.75, 3.05) is 19.6 Å². The molecule has 0 N–H and O–H groups in total. The summed E-state index contributed by atoms with van der Waals surface area (Å²) in [6.45, 7) is 11.6. The molecule has 3 saturated heterocycles. The Hall–Kier alpha value is -0.650. The summed E-state index contributed by atoms with van der Waals surface area (Å²) in [5.74, 6) is 0.796. The highest BCUT2D eigenvalue weighted by Crippen LogP contribution is 2.70. The molecule has 9 atom stereocenters. The van der Waals surface area contributed by atoms with Crippen molar-refractivity contribution in [3.05, 3.63) is 0 Å². The van der Waals surface area contributed by atoms with E-state index in [4.69, 9.17) is 14.2 Å². The zero-order valence-electron chi connectivity index (χ0n) is 16.6. The van der Waals surface area contributed by atoms with Gasteiger partial charge >= 0.3 is 5.97 Å². The number of rotatable bonds is 2. The first-order chi connectivity index (χ1) is 12.3.